The molecule has 0 saturated heterocycles. The van der Waals surface area contributed by atoms with Gasteiger partial charge in [0.1, 0.15) is 17.3 Å². The maximum Gasteiger partial charge on any atom is 0.269 e. The second kappa shape index (κ2) is 8.02. The van der Waals surface area contributed by atoms with E-state index in [0.29, 0.717) is 0 Å². The van der Waals surface area contributed by atoms with E-state index in [4.69, 9.17) is 4.74 Å². The Morgan fingerprint density at radius 1 is 1.14 bits per heavy atom. The Bertz CT molecular complexity index is 1000. The first-order valence-electron chi connectivity index (χ1n) is 8.94. The Kier molecular flexibility index (Phi) is 5.69. The van der Waals surface area contributed by atoms with Crippen LogP contribution in [0.3, 0.4) is 0 Å². The van der Waals surface area contributed by atoms with Crippen molar-refractivity contribution in [2.75, 3.05) is 13.2 Å². The third-order valence-electron chi connectivity index (χ3n) is 4.44. The zero-order valence-corrected chi connectivity index (χ0v) is 16.5. The molecule has 2 aromatic carbocycles. The van der Waals surface area contributed by atoms with Crippen LogP contribution in [0.2, 0.25) is 0 Å². The Labute approximate surface area is 164 Å². The molecule has 1 aliphatic rings. The predicted molar refractivity (Wildman–Crippen MR) is 104 cm³/mol. The molecule has 28 heavy (non-hydrogen) atoms. The van der Waals surface area contributed by atoms with E-state index in [1.165, 1.54) is 12.1 Å². The molecule has 0 radical (unpaired) electrons. The Balaban J connectivity index is 1.52. The standard InChI is InChI=1S/C20H22N2O5S/c1-14-7-3-5-9-17(14)27-13-15(2)21-19(23)11-12-22-20(24)16-8-4-6-10-18(16)28(22,25)26/h3-10,15H,11-13H2,1-2H3,(H,21,23)/t15-/m0/s1. The van der Waals surface area contributed by atoms with E-state index in [1.54, 1.807) is 19.1 Å². The monoisotopic (exact) mass is 402 g/mol. The second-order valence-electron chi connectivity index (χ2n) is 6.67. The third kappa shape index (κ3) is 4.01. The number of para-hydroxylation sites is 1. The highest BCUT2D eigenvalue weighted by molar-refractivity contribution is 7.90. The van der Waals surface area contributed by atoms with E-state index < -0.39 is 15.9 Å². The molecular weight excluding hydrogens is 380 g/mol. The van der Waals surface area contributed by atoms with Crippen LogP contribution >= 0.6 is 0 Å². The molecule has 1 aliphatic heterocycles. The molecule has 8 heteroatoms. The first-order chi connectivity index (χ1) is 13.3. The summed E-state index contributed by atoms with van der Waals surface area (Å²) in [7, 11) is -3.89. The van der Waals surface area contributed by atoms with Crippen molar-refractivity contribution in [2.45, 2.75) is 31.2 Å². The van der Waals surface area contributed by atoms with Gasteiger partial charge in [-0.15, -0.1) is 0 Å². The van der Waals surface area contributed by atoms with Gasteiger partial charge in [0.25, 0.3) is 15.9 Å². The number of hydrogen-bond donors (Lipinski definition) is 1. The molecule has 1 heterocycles. The largest absolute Gasteiger partial charge is 0.491 e. The summed E-state index contributed by atoms with van der Waals surface area (Å²) in [4.78, 5) is 24.5. The third-order valence-corrected chi connectivity index (χ3v) is 6.28. The van der Waals surface area contributed by atoms with E-state index in [1.807, 2.05) is 31.2 Å². The molecule has 0 aliphatic carbocycles. The van der Waals surface area contributed by atoms with Crippen LogP contribution in [0.25, 0.3) is 0 Å². The fraction of sp³-hybridized carbons (Fsp3) is 0.300. The van der Waals surface area contributed by atoms with Gasteiger partial charge in [-0.1, -0.05) is 30.3 Å². The smallest absolute Gasteiger partial charge is 0.269 e. The lowest BCUT2D eigenvalue weighted by Crippen LogP contribution is -2.39. The van der Waals surface area contributed by atoms with Gasteiger partial charge in [0, 0.05) is 13.0 Å². The minimum atomic E-state index is -3.89. The number of amides is 2. The summed E-state index contributed by atoms with van der Waals surface area (Å²) in [5.41, 5.74) is 1.14. The molecule has 7 nitrogen and oxygen atoms in total. The molecule has 0 fully saturated rings. The van der Waals surface area contributed by atoms with E-state index in [-0.39, 0.29) is 42.0 Å². The van der Waals surface area contributed by atoms with Crippen molar-refractivity contribution in [2.24, 2.45) is 0 Å². The van der Waals surface area contributed by atoms with Gasteiger partial charge < -0.3 is 10.1 Å². The number of rotatable bonds is 7. The number of hydrogen-bond acceptors (Lipinski definition) is 5. The number of fused-ring (bicyclic) bond motifs is 1. The van der Waals surface area contributed by atoms with Crippen LogP contribution in [-0.4, -0.2) is 43.7 Å². The molecule has 0 aromatic heterocycles. The zero-order chi connectivity index (χ0) is 20.3. The van der Waals surface area contributed by atoms with Crippen LogP contribution in [0.15, 0.2) is 53.4 Å². The highest BCUT2D eigenvalue weighted by Gasteiger charge is 2.40. The summed E-state index contributed by atoms with van der Waals surface area (Å²) in [5, 5.41) is 2.76. The van der Waals surface area contributed by atoms with E-state index in [2.05, 4.69) is 5.32 Å². The minimum absolute atomic E-state index is 0.0135. The minimum Gasteiger partial charge on any atom is -0.491 e. The molecule has 1 N–H and O–H groups in total. The van der Waals surface area contributed by atoms with E-state index in [0.717, 1.165) is 15.6 Å². The summed E-state index contributed by atoms with van der Waals surface area (Å²) in [5.74, 6) is -0.200. The van der Waals surface area contributed by atoms with Crippen molar-refractivity contribution in [1.29, 1.82) is 0 Å². The number of carbonyl (C=O) groups excluding carboxylic acids is 2. The number of benzene rings is 2. The molecular formula is C20H22N2O5S. The van der Waals surface area contributed by atoms with Gasteiger partial charge in [0.2, 0.25) is 5.91 Å². The van der Waals surface area contributed by atoms with Crippen LogP contribution in [0.1, 0.15) is 29.3 Å². The van der Waals surface area contributed by atoms with Crippen molar-refractivity contribution in [1.82, 2.24) is 9.62 Å². The Morgan fingerprint density at radius 3 is 2.54 bits per heavy atom. The predicted octanol–water partition coefficient (Wildman–Crippen LogP) is 2.11. The molecule has 0 bridgehead atoms. The molecule has 1 atom stereocenters. The zero-order valence-electron chi connectivity index (χ0n) is 15.7. The van der Waals surface area contributed by atoms with E-state index >= 15 is 0 Å². The first-order valence-corrected chi connectivity index (χ1v) is 10.4. The van der Waals surface area contributed by atoms with E-state index in [9.17, 15) is 18.0 Å². The average Bonchev–Trinajstić information content (AvgIpc) is 2.86. The maximum atomic E-state index is 12.5. The van der Waals surface area contributed by atoms with Crippen LogP contribution < -0.4 is 10.1 Å². The molecule has 2 aromatic rings. The fourth-order valence-corrected chi connectivity index (χ4v) is 4.55. The summed E-state index contributed by atoms with van der Waals surface area (Å²) >= 11 is 0. The summed E-state index contributed by atoms with van der Waals surface area (Å²) < 4.78 is 31.4. The maximum absolute atomic E-state index is 12.5. The lowest BCUT2D eigenvalue weighted by molar-refractivity contribution is -0.121. The number of carbonyl (C=O) groups is 2. The van der Waals surface area contributed by atoms with Gasteiger partial charge in [0.05, 0.1) is 11.6 Å². The number of nitrogens with one attached hydrogen (secondary N) is 1. The highest BCUT2D eigenvalue weighted by atomic mass is 32.2. The molecule has 0 unspecified atom stereocenters. The van der Waals surface area contributed by atoms with Gasteiger partial charge in [-0.25, -0.2) is 12.7 Å². The SMILES string of the molecule is Cc1ccccc1OC[C@H](C)NC(=O)CCN1C(=O)c2ccccc2S1(=O)=O. The van der Waals surface area contributed by atoms with Crippen LogP contribution in [-0.2, 0) is 14.8 Å². The van der Waals surface area contributed by atoms with Gasteiger partial charge in [-0.3, -0.25) is 9.59 Å². The fourth-order valence-electron chi connectivity index (χ4n) is 2.98. The van der Waals surface area contributed by atoms with Crippen LogP contribution in [0.5, 0.6) is 5.75 Å². The van der Waals surface area contributed by atoms with Gasteiger partial charge in [-0.05, 0) is 37.6 Å². The van der Waals surface area contributed by atoms with Crippen LogP contribution in [0, 0.1) is 6.92 Å². The number of sulfonamides is 1. The van der Waals surface area contributed by atoms with Crippen molar-refractivity contribution in [3.8, 4) is 5.75 Å². The lowest BCUT2D eigenvalue weighted by atomic mass is 10.2. The topological polar surface area (TPSA) is 92.8 Å². The van der Waals surface area contributed by atoms with Crippen molar-refractivity contribution >= 4 is 21.8 Å². The molecule has 0 spiro atoms. The first kappa shape index (κ1) is 19.9. The number of ether oxygens (including phenoxy) is 1. The highest BCUT2D eigenvalue weighted by Crippen LogP contribution is 2.29. The van der Waals surface area contributed by atoms with Gasteiger partial charge in [-0.2, -0.15) is 0 Å². The second-order valence-corrected chi connectivity index (χ2v) is 8.50. The quantitative estimate of drug-likeness (QED) is 0.766. The Morgan fingerprint density at radius 2 is 1.82 bits per heavy atom. The lowest BCUT2D eigenvalue weighted by Gasteiger charge is -2.18. The molecule has 3 rings (SSSR count). The normalized spacial score (nSPS) is 15.8. The summed E-state index contributed by atoms with van der Waals surface area (Å²) in [6, 6.07) is 13.4. The molecule has 0 saturated carbocycles. The molecule has 2 amide bonds. The number of nitrogens with zero attached hydrogens (tertiary/aromatic N) is 1. The number of aryl methyl sites for hydroxylation is 1. The summed E-state index contributed by atoms with van der Waals surface area (Å²) in [6.07, 6.45) is -0.117. The molecule has 148 valence electrons. The summed E-state index contributed by atoms with van der Waals surface area (Å²) in [6.45, 7) is 3.81. The van der Waals surface area contributed by atoms with Crippen molar-refractivity contribution in [3.63, 3.8) is 0 Å². The Hall–Kier alpha value is -2.87. The van der Waals surface area contributed by atoms with Crippen molar-refractivity contribution < 1.29 is 22.7 Å². The average molecular weight is 402 g/mol. The van der Waals surface area contributed by atoms with Gasteiger partial charge in [0.15, 0.2) is 0 Å². The van der Waals surface area contributed by atoms with Gasteiger partial charge >= 0.3 is 0 Å². The van der Waals surface area contributed by atoms with Crippen LogP contribution in [0.4, 0.5) is 0 Å². The van der Waals surface area contributed by atoms with Crippen molar-refractivity contribution in [3.05, 3.63) is 59.7 Å².